The minimum absolute atomic E-state index is 0.0685. The van der Waals surface area contributed by atoms with E-state index in [0.717, 1.165) is 16.5 Å². The third-order valence-electron chi connectivity index (χ3n) is 5.14. The number of rotatable bonds is 7. The molecule has 0 saturated carbocycles. The van der Waals surface area contributed by atoms with Crippen molar-refractivity contribution in [3.63, 3.8) is 0 Å². The summed E-state index contributed by atoms with van der Waals surface area (Å²) < 4.78 is 9.24. The van der Waals surface area contributed by atoms with Crippen LogP contribution in [-0.2, 0) is 11.4 Å². The molecule has 1 amide bonds. The monoisotopic (exact) mass is 556 g/mol. The molecular formula is C21H21IN2O8. The molecule has 0 spiro atoms. The average molecular weight is 556 g/mol. The number of piperidine rings is 1. The maximum absolute atomic E-state index is 13.3. The van der Waals surface area contributed by atoms with E-state index in [2.05, 4.69) is 0 Å². The van der Waals surface area contributed by atoms with Gasteiger partial charge in [-0.1, -0.05) is 30.3 Å². The smallest absolute Gasteiger partial charge is 0.340 e. The van der Waals surface area contributed by atoms with Gasteiger partial charge in [0.25, 0.3) is 11.6 Å². The number of nitrogens with zero attached hydrogens (tertiary/aromatic N) is 2. The summed E-state index contributed by atoms with van der Waals surface area (Å²) in [6.45, 7) is 0.0580. The topological polar surface area (TPSA) is 139 Å². The molecule has 170 valence electrons. The first-order valence-electron chi connectivity index (χ1n) is 9.63. The Bertz CT molecular complexity index is 1030. The number of likely N-dealkylation sites (tertiary alicyclic amines) is 1. The molecule has 2 aromatic carbocycles. The maximum Gasteiger partial charge on any atom is 0.340 e. The lowest BCUT2D eigenvalue weighted by molar-refractivity contribution is -0.385. The van der Waals surface area contributed by atoms with Gasteiger partial charge in [0.15, 0.2) is 15.0 Å². The Morgan fingerprint density at radius 3 is 2.56 bits per heavy atom. The van der Waals surface area contributed by atoms with E-state index in [1.165, 1.54) is 13.2 Å². The van der Waals surface area contributed by atoms with Crippen LogP contribution in [0.15, 0.2) is 42.5 Å². The highest BCUT2D eigenvalue weighted by molar-refractivity contribution is 14.1. The Labute approximate surface area is 197 Å². The molecule has 1 aliphatic heterocycles. The molecule has 1 heterocycles. The molecule has 0 aliphatic carbocycles. The molecule has 2 atom stereocenters. The third-order valence-corrected chi connectivity index (χ3v) is 6.62. The van der Waals surface area contributed by atoms with Crippen LogP contribution >= 0.6 is 22.6 Å². The lowest BCUT2D eigenvalue weighted by atomic mass is 9.97. The highest BCUT2D eigenvalue weighted by atomic mass is 127. The predicted octanol–water partition coefficient (Wildman–Crippen LogP) is 3.00. The van der Waals surface area contributed by atoms with Gasteiger partial charge in [0.1, 0.15) is 12.2 Å². The van der Waals surface area contributed by atoms with Gasteiger partial charge in [-0.15, -0.1) is 0 Å². The number of aliphatic carboxylic acids is 1. The number of carboxylic acids is 1. The summed E-state index contributed by atoms with van der Waals surface area (Å²) in [7, 11) is 1.34. The van der Waals surface area contributed by atoms with Crippen LogP contribution in [0.4, 0.5) is 5.69 Å². The summed E-state index contributed by atoms with van der Waals surface area (Å²) in [4.78, 5) is 37.3. The number of benzene rings is 2. The van der Waals surface area contributed by atoms with Crippen LogP contribution in [0, 0.1) is 10.1 Å². The Balaban J connectivity index is 1.99. The number of aliphatic hydroxyl groups excluding tert-OH is 1. The Morgan fingerprint density at radius 2 is 1.97 bits per heavy atom. The predicted molar refractivity (Wildman–Crippen MR) is 121 cm³/mol. The highest BCUT2D eigenvalue weighted by Gasteiger charge is 2.49. The largest absolute Gasteiger partial charge is 0.493 e. The minimum Gasteiger partial charge on any atom is -0.493 e. The number of halogens is 1. The molecule has 0 radical (unpaired) electrons. The highest BCUT2D eigenvalue weighted by Crippen LogP contribution is 2.40. The van der Waals surface area contributed by atoms with Crippen molar-refractivity contribution in [2.45, 2.75) is 29.1 Å². The lowest BCUT2D eigenvalue weighted by Gasteiger charge is -2.41. The Kier molecular flexibility index (Phi) is 7.19. The van der Waals surface area contributed by atoms with Gasteiger partial charge in [-0.25, -0.2) is 4.79 Å². The second-order valence-corrected chi connectivity index (χ2v) is 9.00. The van der Waals surface area contributed by atoms with E-state index >= 15 is 0 Å². The van der Waals surface area contributed by atoms with Crippen LogP contribution in [0.5, 0.6) is 11.5 Å². The Morgan fingerprint density at radius 1 is 1.28 bits per heavy atom. The van der Waals surface area contributed by atoms with Crippen LogP contribution in [0.1, 0.15) is 28.8 Å². The number of nitro groups is 1. The molecule has 11 heteroatoms. The number of methoxy groups -OCH3 is 1. The normalized spacial score (nSPS) is 20.5. The molecule has 1 saturated heterocycles. The van der Waals surface area contributed by atoms with Crippen molar-refractivity contribution >= 4 is 40.2 Å². The molecule has 3 rings (SSSR count). The summed E-state index contributed by atoms with van der Waals surface area (Å²) in [5.74, 6) is -1.98. The number of alkyl halides is 1. The van der Waals surface area contributed by atoms with Crippen molar-refractivity contribution in [1.82, 2.24) is 4.90 Å². The van der Waals surface area contributed by atoms with Crippen LogP contribution in [0.2, 0.25) is 0 Å². The summed E-state index contributed by atoms with van der Waals surface area (Å²) in [6, 6.07) is 11.4. The summed E-state index contributed by atoms with van der Waals surface area (Å²) >= 11 is 1.59. The number of carbonyl (C=O) groups is 2. The Hall–Kier alpha value is -2.93. The number of hydrogen-bond acceptors (Lipinski definition) is 7. The number of hydrogen-bond donors (Lipinski definition) is 2. The molecule has 0 aromatic heterocycles. The maximum atomic E-state index is 13.3. The zero-order valence-corrected chi connectivity index (χ0v) is 19.2. The zero-order chi connectivity index (χ0) is 23.5. The molecule has 0 unspecified atom stereocenters. The molecule has 2 aromatic rings. The number of nitro benzene ring substituents is 1. The van der Waals surface area contributed by atoms with Gasteiger partial charge in [0, 0.05) is 19.0 Å². The first-order valence-corrected chi connectivity index (χ1v) is 10.7. The zero-order valence-electron chi connectivity index (χ0n) is 17.1. The van der Waals surface area contributed by atoms with Crippen molar-refractivity contribution in [1.29, 1.82) is 0 Å². The summed E-state index contributed by atoms with van der Waals surface area (Å²) in [5, 5.41) is 31.4. The van der Waals surface area contributed by atoms with E-state index < -0.39 is 32.1 Å². The van der Waals surface area contributed by atoms with Gasteiger partial charge < -0.3 is 24.6 Å². The first kappa shape index (κ1) is 23.7. The summed E-state index contributed by atoms with van der Waals surface area (Å²) in [5.41, 5.74) is -0.0212. The number of carbonyl (C=O) groups excluding carboxylic acids is 1. The number of carboxylic acid groups (broad SMARTS) is 1. The van der Waals surface area contributed by atoms with E-state index in [4.69, 9.17) is 9.47 Å². The fraction of sp³-hybridized carbons (Fsp3) is 0.333. The van der Waals surface area contributed by atoms with Crippen LogP contribution < -0.4 is 9.47 Å². The average Bonchev–Trinajstić information content (AvgIpc) is 2.77. The molecule has 2 N–H and O–H groups in total. The van der Waals surface area contributed by atoms with Gasteiger partial charge in [-0.2, -0.15) is 0 Å². The molecule has 1 aliphatic rings. The van der Waals surface area contributed by atoms with Crippen LogP contribution in [0.3, 0.4) is 0 Å². The number of amides is 1. The lowest BCUT2D eigenvalue weighted by Crippen LogP contribution is -2.58. The van der Waals surface area contributed by atoms with Gasteiger partial charge in [0.2, 0.25) is 0 Å². The number of ether oxygens (including phenoxy) is 2. The van der Waals surface area contributed by atoms with Gasteiger partial charge in [-0.05, 0) is 34.6 Å². The third kappa shape index (κ3) is 4.78. The number of aliphatic hydroxyl groups is 1. The van der Waals surface area contributed by atoms with Crippen molar-refractivity contribution < 1.29 is 34.2 Å². The molecule has 32 heavy (non-hydrogen) atoms. The SMILES string of the molecule is COc1cc(C(=O)N2CC[C@H](O)C[C@]2(I)C(=O)O)c([N+](=O)[O-])cc1OCc1ccccc1. The van der Waals surface area contributed by atoms with Crippen molar-refractivity contribution in [3.05, 3.63) is 63.7 Å². The van der Waals surface area contributed by atoms with E-state index in [1.807, 2.05) is 30.3 Å². The molecule has 1 fully saturated rings. The van der Waals surface area contributed by atoms with E-state index in [-0.39, 0.29) is 43.1 Å². The van der Waals surface area contributed by atoms with Gasteiger partial charge >= 0.3 is 5.97 Å². The van der Waals surface area contributed by atoms with E-state index in [9.17, 15) is 29.9 Å². The van der Waals surface area contributed by atoms with Crippen molar-refractivity contribution in [2.75, 3.05) is 13.7 Å². The summed E-state index contributed by atoms with van der Waals surface area (Å²) in [6.07, 6.45) is -0.935. The van der Waals surface area contributed by atoms with Crippen LogP contribution in [0.25, 0.3) is 0 Å². The quantitative estimate of drug-likeness (QED) is 0.175. The van der Waals surface area contributed by atoms with E-state index in [0.29, 0.717) is 0 Å². The van der Waals surface area contributed by atoms with E-state index in [1.54, 1.807) is 22.6 Å². The van der Waals surface area contributed by atoms with Crippen molar-refractivity contribution in [3.8, 4) is 11.5 Å². The first-order chi connectivity index (χ1) is 15.2. The fourth-order valence-corrected chi connectivity index (χ4v) is 4.44. The molecule has 10 nitrogen and oxygen atoms in total. The minimum atomic E-state index is -1.74. The second kappa shape index (κ2) is 9.69. The fourth-order valence-electron chi connectivity index (χ4n) is 3.47. The van der Waals surface area contributed by atoms with Gasteiger partial charge in [-0.3, -0.25) is 14.9 Å². The molecular weight excluding hydrogens is 535 g/mol. The van der Waals surface area contributed by atoms with Gasteiger partial charge in [0.05, 0.1) is 24.2 Å². The van der Waals surface area contributed by atoms with Crippen molar-refractivity contribution in [2.24, 2.45) is 0 Å². The standard InChI is InChI=1S/C21H21IN2O8/c1-31-17-9-15(19(26)23-8-7-14(25)11-21(23,22)20(27)28)16(24(29)30)10-18(17)32-12-13-5-3-2-4-6-13/h2-6,9-10,14,25H,7-8,11-12H2,1H3,(H,27,28)/t14-,21+/m0/s1. The molecule has 0 bridgehead atoms. The van der Waals surface area contributed by atoms with Crippen LogP contribution in [-0.4, -0.2) is 55.2 Å². The second-order valence-electron chi connectivity index (χ2n) is 7.22.